The Labute approximate surface area is 200 Å². The topological polar surface area (TPSA) is 47.9 Å². The summed E-state index contributed by atoms with van der Waals surface area (Å²) in [5.41, 5.74) is 1.56. The third-order valence-electron chi connectivity index (χ3n) is 5.24. The van der Waals surface area contributed by atoms with Gasteiger partial charge in [0.15, 0.2) is 5.70 Å². The number of unbranched alkanes of at least 4 members (excludes halogenated alkanes) is 7. The predicted molar refractivity (Wildman–Crippen MR) is 132 cm³/mol. The number of carbonyl (C=O) groups excluding carboxylic acids is 1. The number of nitrogens with zero attached hydrogens (tertiary/aromatic N) is 1. The van der Waals surface area contributed by atoms with E-state index >= 15 is 0 Å². The maximum absolute atomic E-state index is 12.2. The molecule has 1 aliphatic heterocycles. The number of aliphatic imine (C=N–C) groups is 1. The van der Waals surface area contributed by atoms with E-state index in [-0.39, 0.29) is 11.6 Å². The molecule has 32 heavy (non-hydrogen) atoms. The van der Waals surface area contributed by atoms with Crippen LogP contribution in [0.15, 0.2) is 53.2 Å². The van der Waals surface area contributed by atoms with Gasteiger partial charge >= 0.3 is 5.97 Å². The number of hydrogen-bond donors (Lipinski definition) is 0. The number of esters is 1. The molecule has 0 atom stereocenters. The molecule has 0 aliphatic carbocycles. The largest absolute Gasteiger partial charge is 0.494 e. The Morgan fingerprint density at radius 1 is 0.938 bits per heavy atom. The normalized spacial score (nSPS) is 14.5. The molecule has 0 saturated heterocycles. The highest BCUT2D eigenvalue weighted by molar-refractivity contribution is 6.35. The molecular weight excluding hydrogens is 445 g/mol. The Bertz CT molecular complexity index is 968. The van der Waals surface area contributed by atoms with Gasteiger partial charge in [0.2, 0.25) is 5.90 Å². The van der Waals surface area contributed by atoms with Crippen LogP contribution < -0.4 is 4.74 Å². The van der Waals surface area contributed by atoms with E-state index in [1.54, 1.807) is 24.3 Å². The van der Waals surface area contributed by atoms with Crippen molar-refractivity contribution >= 4 is 41.1 Å². The highest BCUT2D eigenvalue weighted by Gasteiger charge is 2.24. The van der Waals surface area contributed by atoms with Gasteiger partial charge in [-0.3, -0.25) is 0 Å². The zero-order valence-electron chi connectivity index (χ0n) is 18.4. The molecule has 1 aliphatic rings. The Morgan fingerprint density at radius 2 is 1.62 bits per heavy atom. The molecule has 6 heteroatoms. The van der Waals surface area contributed by atoms with Crippen molar-refractivity contribution in [1.29, 1.82) is 0 Å². The molecule has 0 amide bonds. The maximum Gasteiger partial charge on any atom is 0.363 e. The first-order chi connectivity index (χ1) is 15.6. The van der Waals surface area contributed by atoms with Gasteiger partial charge in [0.25, 0.3) is 0 Å². The first kappa shape index (κ1) is 24.3. The second-order valence-electron chi connectivity index (χ2n) is 7.85. The predicted octanol–water partition coefficient (Wildman–Crippen LogP) is 7.86. The number of halogens is 2. The van der Waals surface area contributed by atoms with E-state index in [4.69, 9.17) is 32.7 Å². The summed E-state index contributed by atoms with van der Waals surface area (Å²) in [5.74, 6) is 0.548. The fourth-order valence-corrected chi connectivity index (χ4v) is 3.88. The smallest absolute Gasteiger partial charge is 0.363 e. The SMILES string of the molecule is CCCCCCCCCCOc1ccc(C2=NC(=Cc3ccc(Cl)cc3Cl)C(=O)O2)cc1. The van der Waals surface area contributed by atoms with Crippen LogP contribution in [0.2, 0.25) is 10.0 Å². The molecule has 170 valence electrons. The molecule has 0 aromatic heterocycles. The molecule has 0 saturated carbocycles. The van der Waals surface area contributed by atoms with Gasteiger partial charge in [0.1, 0.15) is 5.75 Å². The van der Waals surface area contributed by atoms with Crippen LogP contribution in [0, 0.1) is 0 Å². The molecule has 0 spiro atoms. The molecule has 4 nitrogen and oxygen atoms in total. The summed E-state index contributed by atoms with van der Waals surface area (Å²) in [6.07, 6.45) is 11.8. The van der Waals surface area contributed by atoms with Gasteiger partial charge in [-0.2, -0.15) is 0 Å². The van der Waals surface area contributed by atoms with E-state index in [0.29, 0.717) is 27.8 Å². The van der Waals surface area contributed by atoms with Crippen LogP contribution in [0.1, 0.15) is 69.4 Å². The highest BCUT2D eigenvalue weighted by Crippen LogP contribution is 2.26. The summed E-state index contributed by atoms with van der Waals surface area (Å²) in [5, 5.41) is 0.972. The van der Waals surface area contributed by atoms with Crippen LogP contribution in [-0.2, 0) is 9.53 Å². The van der Waals surface area contributed by atoms with Gasteiger partial charge in [-0.05, 0) is 54.5 Å². The lowest BCUT2D eigenvalue weighted by Crippen LogP contribution is -2.05. The van der Waals surface area contributed by atoms with Crippen molar-refractivity contribution in [2.75, 3.05) is 6.61 Å². The van der Waals surface area contributed by atoms with E-state index in [2.05, 4.69) is 11.9 Å². The molecule has 2 aromatic rings. The second kappa shape index (κ2) is 12.7. The molecular formula is C26H29Cl2NO3. The van der Waals surface area contributed by atoms with E-state index in [9.17, 15) is 4.79 Å². The first-order valence-electron chi connectivity index (χ1n) is 11.3. The Morgan fingerprint density at radius 3 is 2.31 bits per heavy atom. The molecule has 0 radical (unpaired) electrons. The number of ether oxygens (including phenoxy) is 2. The van der Waals surface area contributed by atoms with Gasteiger partial charge in [-0.25, -0.2) is 9.79 Å². The quantitative estimate of drug-likeness (QED) is 0.179. The standard InChI is InChI=1S/C26H29Cl2NO3/c1-2-3-4-5-6-7-8-9-16-31-22-14-11-19(12-15-22)25-29-24(26(30)32-25)17-20-10-13-21(27)18-23(20)28/h10-15,17-18H,2-9,16H2,1H3. The minimum atomic E-state index is -0.513. The average molecular weight is 474 g/mol. The van der Waals surface area contributed by atoms with Crippen LogP contribution in [0.5, 0.6) is 5.75 Å². The molecule has 2 aromatic carbocycles. The lowest BCUT2D eigenvalue weighted by molar-refractivity contribution is -0.129. The number of cyclic esters (lactones) is 1. The Hall–Kier alpha value is -2.30. The third-order valence-corrected chi connectivity index (χ3v) is 5.81. The maximum atomic E-state index is 12.2. The van der Waals surface area contributed by atoms with Crippen molar-refractivity contribution in [3.05, 3.63) is 69.3 Å². The first-order valence-corrected chi connectivity index (χ1v) is 12.0. The zero-order chi connectivity index (χ0) is 22.8. The van der Waals surface area contributed by atoms with E-state index in [1.807, 2.05) is 24.3 Å². The van der Waals surface area contributed by atoms with Gasteiger partial charge in [-0.1, -0.05) is 81.1 Å². The lowest BCUT2D eigenvalue weighted by atomic mass is 10.1. The summed E-state index contributed by atoms with van der Waals surface area (Å²) in [4.78, 5) is 16.5. The monoisotopic (exact) mass is 473 g/mol. The van der Waals surface area contributed by atoms with Crippen molar-refractivity contribution in [3.8, 4) is 5.75 Å². The molecule has 0 unspecified atom stereocenters. The molecule has 0 fully saturated rings. The van der Waals surface area contributed by atoms with Gasteiger partial charge in [0.05, 0.1) is 6.61 Å². The van der Waals surface area contributed by atoms with Crippen LogP contribution in [-0.4, -0.2) is 18.5 Å². The van der Waals surface area contributed by atoms with Crippen molar-refractivity contribution in [1.82, 2.24) is 0 Å². The number of carbonyl (C=O) groups is 1. The minimum absolute atomic E-state index is 0.194. The second-order valence-corrected chi connectivity index (χ2v) is 8.69. The van der Waals surface area contributed by atoms with E-state index in [0.717, 1.165) is 12.2 Å². The van der Waals surface area contributed by atoms with Crippen molar-refractivity contribution in [2.24, 2.45) is 4.99 Å². The fraction of sp³-hybridized carbons (Fsp3) is 0.385. The summed E-state index contributed by atoms with van der Waals surface area (Å²) >= 11 is 12.1. The Kier molecular flexibility index (Phi) is 9.63. The van der Waals surface area contributed by atoms with Crippen LogP contribution >= 0.6 is 23.2 Å². The van der Waals surface area contributed by atoms with Crippen LogP contribution in [0.4, 0.5) is 0 Å². The Balaban J connectivity index is 1.48. The summed E-state index contributed by atoms with van der Waals surface area (Å²) in [7, 11) is 0. The number of rotatable bonds is 12. The lowest BCUT2D eigenvalue weighted by Gasteiger charge is -2.07. The zero-order valence-corrected chi connectivity index (χ0v) is 19.9. The van der Waals surface area contributed by atoms with Crippen molar-refractivity contribution < 1.29 is 14.3 Å². The third kappa shape index (κ3) is 7.39. The summed E-state index contributed by atoms with van der Waals surface area (Å²) in [6.45, 7) is 2.95. The molecule has 3 rings (SSSR count). The number of hydrogen-bond acceptors (Lipinski definition) is 4. The molecule has 0 N–H and O–H groups in total. The number of benzene rings is 2. The average Bonchev–Trinajstić information content (AvgIpc) is 3.15. The van der Waals surface area contributed by atoms with Gasteiger partial charge < -0.3 is 9.47 Å². The van der Waals surface area contributed by atoms with Crippen LogP contribution in [0.25, 0.3) is 6.08 Å². The van der Waals surface area contributed by atoms with Crippen molar-refractivity contribution in [2.45, 2.75) is 58.3 Å². The van der Waals surface area contributed by atoms with Gasteiger partial charge in [0, 0.05) is 15.6 Å². The summed E-state index contributed by atoms with van der Waals surface area (Å²) in [6, 6.07) is 12.5. The molecule has 1 heterocycles. The highest BCUT2D eigenvalue weighted by atomic mass is 35.5. The fourth-order valence-electron chi connectivity index (χ4n) is 3.42. The van der Waals surface area contributed by atoms with Gasteiger partial charge in [-0.15, -0.1) is 0 Å². The van der Waals surface area contributed by atoms with E-state index < -0.39 is 5.97 Å². The summed E-state index contributed by atoms with van der Waals surface area (Å²) < 4.78 is 11.2. The van der Waals surface area contributed by atoms with E-state index in [1.165, 1.54) is 44.9 Å². The molecule has 0 bridgehead atoms. The van der Waals surface area contributed by atoms with Crippen LogP contribution in [0.3, 0.4) is 0 Å². The van der Waals surface area contributed by atoms with Crippen molar-refractivity contribution in [3.63, 3.8) is 0 Å². The minimum Gasteiger partial charge on any atom is -0.494 e.